The summed E-state index contributed by atoms with van der Waals surface area (Å²) in [5.74, 6) is 1.56. The highest BCUT2D eigenvalue weighted by atomic mass is 16.5. The van der Waals surface area contributed by atoms with Crippen LogP contribution in [0.1, 0.15) is 49.2 Å². The van der Waals surface area contributed by atoms with E-state index in [4.69, 9.17) is 23.7 Å². The Hall–Kier alpha value is -3.00. The number of benzene rings is 1. The summed E-state index contributed by atoms with van der Waals surface area (Å²) < 4.78 is 30.4. The van der Waals surface area contributed by atoms with Crippen LogP contribution >= 0.6 is 0 Å². The van der Waals surface area contributed by atoms with Crippen molar-refractivity contribution in [3.8, 4) is 28.5 Å². The molecular formula is C25H31NO7. The Bertz CT molecular complexity index is 1090. The van der Waals surface area contributed by atoms with Crippen LogP contribution in [0.15, 0.2) is 23.1 Å². The van der Waals surface area contributed by atoms with Crippen LogP contribution in [0.3, 0.4) is 0 Å². The molecule has 0 radical (unpaired) electrons. The molecule has 33 heavy (non-hydrogen) atoms. The average Bonchev–Trinajstić information content (AvgIpc) is 3.21. The predicted molar refractivity (Wildman–Crippen MR) is 123 cm³/mol. The fraction of sp³-hybridized carbons (Fsp3) is 0.520. The molecule has 0 N–H and O–H groups in total. The van der Waals surface area contributed by atoms with Gasteiger partial charge in [0, 0.05) is 56.0 Å². The molecule has 2 aliphatic rings. The number of hydrogen-bond donors (Lipinski definition) is 0. The lowest BCUT2D eigenvalue weighted by atomic mass is 9.97. The monoisotopic (exact) mass is 457 g/mol. The maximum atomic E-state index is 13.0. The summed E-state index contributed by atoms with van der Waals surface area (Å²) in [4.78, 5) is 25.4. The van der Waals surface area contributed by atoms with Crippen molar-refractivity contribution in [1.29, 1.82) is 0 Å². The molecule has 2 aromatic rings. The summed E-state index contributed by atoms with van der Waals surface area (Å²) in [5.41, 5.74) is 2.15. The van der Waals surface area contributed by atoms with Gasteiger partial charge in [0.05, 0.1) is 31.6 Å². The maximum absolute atomic E-state index is 13.0. The lowest BCUT2D eigenvalue weighted by molar-refractivity contribution is 0.0523. The number of nitrogens with zero attached hydrogens (tertiary/aromatic N) is 1. The lowest BCUT2D eigenvalue weighted by Crippen LogP contribution is -2.26. The Kier molecular flexibility index (Phi) is 6.93. The molecule has 0 bridgehead atoms. The highest BCUT2D eigenvalue weighted by Crippen LogP contribution is 2.49. The summed E-state index contributed by atoms with van der Waals surface area (Å²) in [7, 11) is 1.66. The van der Waals surface area contributed by atoms with Crippen molar-refractivity contribution >= 4 is 5.97 Å². The fourth-order valence-corrected chi connectivity index (χ4v) is 4.36. The van der Waals surface area contributed by atoms with E-state index in [0.29, 0.717) is 55.8 Å². The van der Waals surface area contributed by atoms with Gasteiger partial charge in [-0.25, -0.2) is 4.79 Å². The van der Waals surface area contributed by atoms with Crippen molar-refractivity contribution < 1.29 is 28.5 Å². The summed E-state index contributed by atoms with van der Waals surface area (Å²) in [6.45, 7) is 8.14. The molecule has 2 aliphatic heterocycles. The summed E-state index contributed by atoms with van der Waals surface area (Å²) >= 11 is 0. The Morgan fingerprint density at radius 2 is 2.06 bits per heavy atom. The zero-order valence-electron chi connectivity index (χ0n) is 19.6. The quantitative estimate of drug-likeness (QED) is 0.442. The van der Waals surface area contributed by atoms with Crippen LogP contribution in [-0.2, 0) is 15.9 Å². The molecule has 1 atom stereocenters. The molecule has 1 aromatic carbocycles. The summed E-state index contributed by atoms with van der Waals surface area (Å²) in [6, 6.07) is 3.29. The topological polar surface area (TPSA) is 85.2 Å². The SMILES string of the molecule is CCOC(=O)c1cn2c(cc1=O)-c1c(cc(OCCCOC)c3c1CCO3)OC[C@H]2C(C)C. The van der Waals surface area contributed by atoms with Crippen molar-refractivity contribution in [2.45, 2.75) is 39.7 Å². The first-order valence-corrected chi connectivity index (χ1v) is 11.5. The van der Waals surface area contributed by atoms with Crippen LogP contribution in [0.25, 0.3) is 11.3 Å². The number of ether oxygens (including phenoxy) is 5. The Balaban J connectivity index is 1.86. The normalized spacial score (nSPS) is 16.2. The third-order valence-corrected chi connectivity index (χ3v) is 6.02. The number of hydrogen-bond acceptors (Lipinski definition) is 7. The molecule has 0 saturated carbocycles. The van der Waals surface area contributed by atoms with Gasteiger partial charge in [0.1, 0.15) is 17.9 Å². The van der Waals surface area contributed by atoms with Gasteiger partial charge in [-0.1, -0.05) is 13.8 Å². The summed E-state index contributed by atoms with van der Waals surface area (Å²) in [6.07, 6.45) is 3.06. The minimum Gasteiger partial charge on any atom is -0.491 e. The Morgan fingerprint density at radius 1 is 1.24 bits per heavy atom. The van der Waals surface area contributed by atoms with Gasteiger partial charge >= 0.3 is 5.97 Å². The minimum absolute atomic E-state index is 0.0284. The van der Waals surface area contributed by atoms with E-state index >= 15 is 0 Å². The van der Waals surface area contributed by atoms with Crippen molar-refractivity contribution in [3.05, 3.63) is 39.7 Å². The second kappa shape index (κ2) is 9.87. The van der Waals surface area contributed by atoms with Crippen LogP contribution in [-0.4, -0.2) is 50.7 Å². The number of esters is 1. The molecule has 0 fully saturated rings. The van der Waals surface area contributed by atoms with E-state index in [1.807, 2.05) is 10.6 Å². The Morgan fingerprint density at radius 3 is 2.79 bits per heavy atom. The third-order valence-electron chi connectivity index (χ3n) is 6.02. The number of carbonyl (C=O) groups excluding carboxylic acids is 1. The first-order chi connectivity index (χ1) is 16.0. The van der Waals surface area contributed by atoms with Gasteiger partial charge < -0.3 is 28.3 Å². The van der Waals surface area contributed by atoms with Crippen LogP contribution in [0, 0.1) is 5.92 Å². The zero-order valence-corrected chi connectivity index (χ0v) is 19.6. The second-order valence-corrected chi connectivity index (χ2v) is 8.54. The largest absolute Gasteiger partial charge is 0.491 e. The van der Waals surface area contributed by atoms with Gasteiger partial charge in [-0.3, -0.25) is 4.79 Å². The number of rotatable bonds is 8. The standard InChI is InChI=1S/C25H31NO7/c1-5-30-25(28)17-13-26-18(11-20(17)27)23-16-7-10-32-24(16)22(31-9-6-8-29-4)12-21(23)33-14-19(26)15(2)3/h11-13,15,19H,5-10,14H2,1-4H3/t19-/m0/s1. The molecule has 0 aliphatic carbocycles. The highest BCUT2D eigenvalue weighted by Gasteiger charge is 2.33. The van der Waals surface area contributed by atoms with E-state index in [2.05, 4.69) is 13.8 Å². The van der Waals surface area contributed by atoms with Crippen molar-refractivity contribution in [1.82, 2.24) is 4.57 Å². The molecule has 0 amide bonds. The van der Waals surface area contributed by atoms with Crippen molar-refractivity contribution in [2.24, 2.45) is 5.92 Å². The van der Waals surface area contributed by atoms with Crippen molar-refractivity contribution in [3.63, 3.8) is 0 Å². The molecule has 178 valence electrons. The highest BCUT2D eigenvalue weighted by molar-refractivity contribution is 5.90. The first kappa shape index (κ1) is 23.2. The van der Waals surface area contributed by atoms with E-state index in [1.165, 1.54) is 6.07 Å². The first-order valence-electron chi connectivity index (χ1n) is 11.5. The zero-order chi connectivity index (χ0) is 23.5. The lowest BCUT2D eigenvalue weighted by Gasteiger charge is -2.24. The van der Waals surface area contributed by atoms with Crippen LogP contribution < -0.4 is 19.6 Å². The second-order valence-electron chi connectivity index (χ2n) is 8.54. The van der Waals surface area contributed by atoms with E-state index < -0.39 is 5.97 Å². The van der Waals surface area contributed by atoms with E-state index in [9.17, 15) is 9.59 Å². The van der Waals surface area contributed by atoms with E-state index in [1.54, 1.807) is 20.2 Å². The van der Waals surface area contributed by atoms with Gasteiger partial charge in [-0.15, -0.1) is 0 Å². The number of fused-ring (bicyclic) bond motifs is 5. The van der Waals surface area contributed by atoms with Crippen LogP contribution in [0.2, 0.25) is 0 Å². The molecule has 0 saturated heterocycles. The third kappa shape index (κ3) is 4.44. The molecule has 0 spiro atoms. The number of methoxy groups -OCH3 is 1. The van der Waals surface area contributed by atoms with Crippen LogP contribution in [0.5, 0.6) is 17.2 Å². The maximum Gasteiger partial charge on any atom is 0.343 e. The number of pyridine rings is 1. The number of carbonyl (C=O) groups is 1. The average molecular weight is 458 g/mol. The molecule has 8 heteroatoms. The van der Waals surface area contributed by atoms with Gasteiger partial charge in [0.25, 0.3) is 0 Å². The Labute approximate surface area is 193 Å². The fourth-order valence-electron chi connectivity index (χ4n) is 4.36. The molecule has 1 aromatic heterocycles. The van der Waals surface area contributed by atoms with Crippen LogP contribution in [0.4, 0.5) is 0 Å². The van der Waals surface area contributed by atoms with E-state index in [-0.39, 0.29) is 29.6 Å². The minimum atomic E-state index is -0.612. The van der Waals surface area contributed by atoms with Gasteiger partial charge in [0.15, 0.2) is 16.9 Å². The van der Waals surface area contributed by atoms with Crippen molar-refractivity contribution in [2.75, 3.05) is 40.1 Å². The molecule has 4 rings (SSSR count). The molecule has 0 unspecified atom stereocenters. The van der Waals surface area contributed by atoms with Gasteiger partial charge in [-0.05, 0) is 12.8 Å². The van der Waals surface area contributed by atoms with Gasteiger partial charge in [0.2, 0.25) is 0 Å². The van der Waals surface area contributed by atoms with Gasteiger partial charge in [-0.2, -0.15) is 0 Å². The summed E-state index contributed by atoms with van der Waals surface area (Å²) in [5, 5.41) is 0. The molecule has 8 nitrogen and oxygen atoms in total. The smallest absolute Gasteiger partial charge is 0.343 e. The van der Waals surface area contributed by atoms with E-state index in [0.717, 1.165) is 17.5 Å². The predicted octanol–water partition coefficient (Wildman–Crippen LogP) is 3.63. The molecule has 3 heterocycles. The number of aromatic nitrogens is 1. The molecular weight excluding hydrogens is 426 g/mol.